The molecule has 0 bridgehead atoms. The van der Waals surface area contributed by atoms with E-state index in [0.717, 1.165) is 12.3 Å². The molecule has 2 rings (SSSR count). The van der Waals surface area contributed by atoms with Crippen LogP contribution in [0.4, 0.5) is 0 Å². The highest BCUT2D eigenvalue weighted by Gasteiger charge is 2.18. The third kappa shape index (κ3) is 3.56. The lowest BCUT2D eigenvalue weighted by Crippen LogP contribution is -2.08. The van der Waals surface area contributed by atoms with E-state index in [4.69, 9.17) is 0 Å². The van der Waals surface area contributed by atoms with Gasteiger partial charge < -0.3 is 5.11 Å². The van der Waals surface area contributed by atoms with E-state index >= 15 is 0 Å². The van der Waals surface area contributed by atoms with Gasteiger partial charge in [-0.2, -0.15) is 0 Å². The minimum absolute atomic E-state index is 0.226. The molecule has 96 valence electrons. The maximum absolute atomic E-state index is 10.3. The van der Waals surface area contributed by atoms with Crippen LogP contribution in [0.2, 0.25) is 0 Å². The summed E-state index contributed by atoms with van der Waals surface area (Å²) in [6.07, 6.45) is 8.92. The molecule has 1 unspecified atom stereocenters. The van der Waals surface area contributed by atoms with Crippen LogP contribution in [0.3, 0.4) is 0 Å². The zero-order chi connectivity index (χ0) is 12.3. The molecule has 0 saturated heterocycles. The van der Waals surface area contributed by atoms with Gasteiger partial charge in [0.1, 0.15) is 0 Å². The van der Waals surface area contributed by atoms with E-state index in [2.05, 4.69) is 19.9 Å². The largest absolute Gasteiger partial charge is 0.388 e. The summed E-state index contributed by atoms with van der Waals surface area (Å²) in [5.74, 6) is 0.875. The van der Waals surface area contributed by atoms with Gasteiger partial charge in [0.25, 0.3) is 0 Å². The normalized spacial score (nSPS) is 19.5. The summed E-state index contributed by atoms with van der Waals surface area (Å²) in [6.45, 7) is 4.23. The van der Waals surface area contributed by atoms with E-state index in [1.54, 1.807) is 11.3 Å². The molecule has 1 saturated carbocycles. The Hall–Kier alpha value is -0.340. The van der Waals surface area contributed by atoms with Gasteiger partial charge in [-0.3, -0.25) is 0 Å². The van der Waals surface area contributed by atoms with E-state index in [1.165, 1.54) is 53.8 Å². The van der Waals surface area contributed by atoms with Gasteiger partial charge in [0, 0.05) is 9.75 Å². The summed E-state index contributed by atoms with van der Waals surface area (Å²) in [6, 6.07) is 2.18. The molecule has 1 aliphatic rings. The van der Waals surface area contributed by atoms with Crippen LogP contribution in [-0.4, -0.2) is 5.11 Å². The predicted octanol–water partition coefficient (Wildman–Crippen LogP) is 4.76. The number of aliphatic hydroxyl groups excluding tert-OH is 1. The Morgan fingerprint density at radius 3 is 2.59 bits per heavy atom. The van der Waals surface area contributed by atoms with E-state index in [-0.39, 0.29) is 6.10 Å². The van der Waals surface area contributed by atoms with Crippen LogP contribution >= 0.6 is 11.3 Å². The Morgan fingerprint density at radius 2 is 2.00 bits per heavy atom. The van der Waals surface area contributed by atoms with Crippen LogP contribution < -0.4 is 0 Å². The quantitative estimate of drug-likeness (QED) is 0.819. The molecule has 17 heavy (non-hydrogen) atoms. The summed E-state index contributed by atoms with van der Waals surface area (Å²) in [4.78, 5) is 2.51. The highest BCUT2D eigenvalue weighted by atomic mass is 32.1. The van der Waals surface area contributed by atoms with Gasteiger partial charge >= 0.3 is 0 Å². The topological polar surface area (TPSA) is 20.2 Å². The molecule has 1 aromatic heterocycles. The van der Waals surface area contributed by atoms with Crippen molar-refractivity contribution >= 4 is 11.3 Å². The van der Waals surface area contributed by atoms with Gasteiger partial charge in [0.05, 0.1) is 6.10 Å². The molecule has 0 aliphatic heterocycles. The van der Waals surface area contributed by atoms with Gasteiger partial charge in [0.15, 0.2) is 0 Å². The molecule has 1 heterocycles. The summed E-state index contributed by atoms with van der Waals surface area (Å²) in [7, 11) is 0. The van der Waals surface area contributed by atoms with Crippen molar-refractivity contribution in [3.8, 4) is 0 Å². The lowest BCUT2D eigenvalue weighted by Gasteiger charge is -2.22. The third-order valence-corrected chi connectivity index (χ3v) is 5.21. The second kappa shape index (κ2) is 6.01. The fourth-order valence-electron chi connectivity index (χ4n) is 2.99. The minimum Gasteiger partial charge on any atom is -0.388 e. The van der Waals surface area contributed by atoms with E-state index in [9.17, 15) is 5.11 Å². The van der Waals surface area contributed by atoms with Crippen molar-refractivity contribution in [2.75, 3.05) is 0 Å². The first-order valence-electron chi connectivity index (χ1n) is 6.92. The lowest BCUT2D eigenvalue weighted by molar-refractivity contribution is 0.154. The van der Waals surface area contributed by atoms with Gasteiger partial charge in [-0.15, -0.1) is 11.3 Å². The Morgan fingerprint density at radius 1 is 1.29 bits per heavy atom. The Labute approximate surface area is 109 Å². The van der Waals surface area contributed by atoms with Gasteiger partial charge in [0.2, 0.25) is 0 Å². The minimum atomic E-state index is -0.226. The molecule has 0 aromatic carbocycles. The highest BCUT2D eigenvalue weighted by molar-refractivity contribution is 7.12. The Balaban J connectivity index is 1.84. The summed E-state index contributed by atoms with van der Waals surface area (Å²) < 4.78 is 0. The van der Waals surface area contributed by atoms with Crippen LogP contribution in [0.5, 0.6) is 0 Å². The molecule has 1 aliphatic carbocycles. The first-order valence-corrected chi connectivity index (χ1v) is 7.73. The third-order valence-electron chi connectivity index (χ3n) is 3.96. The van der Waals surface area contributed by atoms with Crippen molar-refractivity contribution in [3.63, 3.8) is 0 Å². The molecular weight excluding hydrogens is 228 g/mol. The van der Waals surface area contributed by atoms with Crippen molar-refractivity contribution < 1.29 is 5.11 Å². The van der Waals surface area contributed by atoms with Crippen molar-refractivity contribution in [1.29, 1.82) is 0 Å². The van der Waals surface area contributed by atoms with Crippen LogP contribution in [0, 0.1) is 19.8 Å². The molecule has 1 fully saturated rings. The maximum atomic E-state index is 10.3. The number of hydrogen-bond donors (Lipinski definition) is 1. The van der Waals surface area contributed by atoms with Crippen molar-refractivity contribution in [2.45, 2.75) is 64.9 Å². The molecular formula is C15H24OS. The number of hydrogen-bond acceptors (Lipinski definition) is 2. The standard InChI is InChI=1S/C15H24OS/c1-11-10-12(2)17-15(11)14(16)9-8-13-6-4-3-5-7-13/h10,13-14,16H,3-9H2,1-2H3. The molecule has 1 atom stereocenters. The molecule has 0 radical (unpaired) electrons. The van der Waals surface area contributed by atoms with Crippen molar-refractivity contribution in [3.05, 3.63) is 21.4 Å². The van der Waals surface area contributed by atoms with Crippen LogP contribution in [0.15, 0.2) is 6.07 Å². The lowest BCUT2D eigenvalue weighted by atomic mass is 9.85. The number of thiophene rings is 1. The number of aliphatic hydroxyl groups is 1. The average Bonchev–Trinajstić information content (AvgIpc) is 2.67. The van der Waals surface area contributed by atoms with Crippen LogP contribution in [-0.2, 0) is 0 Å². The molecule has 1 N–H and O–H groups in total. The molecule has 1 nitrogen and oxygen atoms in total. The SMILES string of the molecule is Cc1cc(C)c(C(O)CCC2CCCCC2)s1. The fourth-order valence-corrected chi connectivity index (χ4v) is 4.05. The molecule has 2 heteroatoms. The fraction of sp³-hybridized carbons (Fsp3) is 0.733. The van der Waals surface area contributed by atoms with Crippen molar-refractivity contribution in [2.24, 2.45) is 5.92 Å². The number of aryl methyl sites for hydroxylation is 2. The van der Waals surface area contributed by atoms with Crippen molar-refractivity contribution in [1.82, 2.24) is 0 Å². The summed E-state index contributed by atoms with van der Waals surface area (Å²) in [5, 5.41) is 10.3. The maximum Gasteiger partial charge on any atom is 0.0884 e. The van der Waals surface area contributed by atoms with Gasteiger partial charge in [-0.25, -0.2) is 0 Å². The smallest absolute Gasteiger partial charge is 0.0884 e. The second-order valence-electron chi connectivity index (χ2n) is 5.50. The van der Waals surface area contributed by atoms with E-state index in [1.807, 2.05) is 0 Å². The zero-order valence-corrected chi connectivity index (χ0v) is 11.9. The van der Waals surface area contributed by atoms with E-state index in [0.29, 0.717) is 0 Å². The van der Waals surface area contributed by atoms with Crippen LogP contribution in [0.1, 0.15) is 66.4 Å². The second-order valence-corrected chi connectivity index (χ2v) is 6.79. The van der Waals surface area contributed by atoms with E-state index < -0.39 is 0 Å². The molecule has 0 amide bonds. The molecule has 1 aromatic rings. The molecule has 0 spiro atoms. The van der Waals surface area contributed by atoms with Gasteiger partial charge in [-0.05, 0) is 44.2 Å². The number of rotatable bonds is 4. The zero-order valence-electron chi connectivity index (χ0n) is 11.0. The highest BCUT2D eigenvalue weighted by Crippen LogP contribution is 2.34. The first-order chi connectivity index (χ1) is 8.16. The summed E-state index contributed by atoms with van der Waals surface area (Å²) >= 11 is 1.76. The monoisotopic (exact) mass is 252 g/mol. The predicted molar refractivity (Wildman–Crippen MR) is 74.6 cm³/mol. The first kappa shape index (κ1) is 13.1. The Bertz CT molecular complexity index is 350. The van der Waals surface area contributed by atoms with Crippen LogP contribution in [0.25, 0.3) is 0 Å². The Kier molecular flexibility index (Phi) is 4.63. The average molecular weight is 252 g/mol. The van der Waals surface area contributed by atoms with Gasteiger partial charge in [-0.1, -0.05) is 32.1 Å². The summed E-state index contributed by atoms with van der Waals surface area (Å²) in [5.41, 5.74) is 1.27.